The molecule has 1 rings (SSSR count). The van der Waals surface area contributed by atoms with Gasteiger partial charge in [0.2, 0.25) is 0 Å². The Balaban J connectivity index is 2.26. The lowest BCUT2D eigenvalue weighted by atomic mass is 9.92. The van der Waals surface area contributed by atoms with E-state index in [0.717, 1.165) is 12.0 Å². The molecule has 1 unspecified atom stereocenters. The first-order valence-corrected chi connectivity index (χ1v) is 13.9. The third-order valence-electron chi connectivity index (χ3n) is 3.07. The predicted molar refractivity (Wildman–Crippen MR) is 85.8 cm³/mol. The van der Waals surface area contributed by atoms with Gasteiger partial charge in [-0.15, -0.1) is 0 Å². The molecule has 0 aliphatic heterocycles. The van der Waals surface area contributed by atoms with Crippen molar-refractivity contribution in [2.24, 2.45) is 5.92 Å². The maximum absolute atomic E-state index is 6.04. The van der Waals surface area contributed by atoms with Gasteiger partial charge in [-0.1, -0.05) is 12.2 Å². The van der Waals surface area contributed by atoms with Crippen LogP contribution >= 0.6 is 0 Å². The van der Waals surface area contributed by atoms with Crippen LogP contribution < -0.4 is 0 Å². The summed E-state index contributed by atoms with van der Waals surface area (Å²) in [5, 5.41) is 0. The van der Waals surface area contributed by atoms with Crippen molar-refractivity contribution in [1.82, 2.24) is 0 Å². The number of hydrogen-bond acceptors (Lipinski definition) is 3. The zero-order valence-corrected chi connectivity index (χ0v) is 16.0. The molecule has 6 heteroatoms. The first kappa shape index (κ1) is 17.3. The fraction of sp³-hybridized carbons (Fsp3) is 0.846. The molecular formula is C13H28O3Si3. The Morgan fingerprint density at radius 1 is 1.26 bits per heavy atom. The minimum absolute atomic E-state index is 0.828. The second-order valence-electron chi connectivity index (χ2n) is 6.07. The fourth-order valence-electron chi connectivity index (χ4n) is 2.25. The van der Waals surface area contributed by atoms with Crippen LogP contribution in [0.4, 0.5) is 0 Å². The van der Waals surface area contributed by atoms with E-state index in [2.05, 4.69) is 38.3 Å². The van der Waals surface area contributed by atoms with Crippen molar-refractivity contribution in [3.63, 3.8) is 0 Å². The molecule has 0 amide bonds. The van der Waals surface area contributed by atoms with E-state index in [1.54, 1.807) is 7.11 Å². The van der Waals surface area contributed by atoms with Crippen molar-refractivity contribution in [3.05, 3.63) is 12.2 Å². The van der Waals surface area contributed by atoms with Gasteiger partial charge in [-0.3, -0.25) is 0 Å². The summed E-state index contributed by atoms with van der Waals surface area (Å²) < 4.78 is 17.6. The predicted octanol–water partition coefficient (Wildman–Crippen LogP) is 3.85. The van der Waals surface area contributed by atoms with Crippen molar-refractivity contribution in [3.8, 4) is 0 Å². The van der Waals surface area contributed by atoms with Gasteiger partial charge >= 0.3 is 18.6 Å². The Morgan fingerprint density at radius 3 is 2.53 bits per heavy atom. The Kier molecular flexibility index (Phi) is 7.78. The van der Waals surface area contributed by atoms with Crippen LogP contribution in [0.25, 0.3) is 0 Å². The summed E-state index contributed by atoms with van der Waals surface area (Å²) >= 11 is 0. The van der Waals surface area contributed by atoms with Crippen molar-refractivity contribution in [2.75, 3.05) is 7.11 Å². The molecule has 0 aromatic heterocycles. The summed E-state index contributed by atoms with van der Waals surface area (Å²) in [6.45, 7) is 8.71. The molecule has 0 aromatic rings. The van der Waals surface area contributed by atoms with Crippen LogP contribution in [-0.2, 0) is 12.7 Å². The molecule has 110 valence electrons. The molecule has 1 atom stereocenters. The second kappa shape index (κ2) is 8.53. The molecular weight excluding hydrogens is 288 g/mol. The summed E-state index contributed by atoms with van der Waals surface area (Å²) in [5.41, 5.74) is 0. The molecule has 0 fully saturated rings. The van der Waals surface area contributed by atoms with Gasteiger partial charge in [-0.05, 0) is 63.8 Å². The Labute approximate surface area is 123 Å². The monoisotopic (exact) mass is 316 g/mol. The van der Waals surface area contributed by atoms with E-state index in [1.807, 2.05) is 0 Å². The Hall–Kier alpha value is 0.271. The molecule has 0 spiro atoms. The summed E-state index contributed by atoms with van der Waals surface area (Å²) in [5.74, 6) is 0.828. The van der Waals surface area contributed by atoms with Crippen LogP contribution in [0.2, 0.25) is 32.2 Å². The van der Waals surface area contributed by atoms with Crippen molar-refractivity contribution >= 4 is 26.9 Å². The van der Waals surface area contributed by atoms with Gasteiger partial charge in [-0.25, -0.2) is 0 Å². The summed E-state index contributed by atoms with van der Waals surface area (Å²) in [7, 11) is -1.98. The lowest BCUT2D eigenvalue weighted by Crippen LogP contribution is -2.39. The molecule has 0 bridgehead atoms. The van der Waals surface area contributed by atoms with Gasteiger partial charge in [0.05, 0.1) is 0 Å². The average molecular weight is 317 g/mol. The van der Waals surface area contributed by atoms with Crippen LogP contribution in [0.3, 0.4) is 0 Å². The maximum atomic E-state index is 6.04. The quantitative estimate of drug-likeness (QED) is 0.503. The zero-order chi connectivity index (χ0) is 14.3. The van der Waals surface area contributed by atoms with E-state index in [-0.39, 0.29) is 0 Å². The molecule has 1 aliphatic carbocycles. The van der Waals surface area contributed by atoms with Gasteiger partial charge in [0.1, 0.15) is 0 Å². The minimum Gasteiger partial charge on any atom is -0.436 e. The van der Waals surface area contributed by atoms with Crippen molar-refractivity contribution in [2.45, 2.75) is 57.9 Å². The first-order valence-electron chi connectivity index (χ1n) is 7.16. The van der Waals surface area contributed by atoms with Crippen molar-refractivity contribution in [1.29, 1.82) is 0 Å². The molecule has 0 heterocycles. The smallest absolute Gasteiger partial charge is 0.374 e. The van der Waals surface area contributed by atoms with E-state index in [9.17, 15) is 0 Å². The third-order valence-corrected chi connectivity index (χ3v) is 9.88. The molecule has 2 radical (unpaired) electrons. The summed E-state index contributed by atoms with van der Waals surface area (Å²) in [6.07, 6.45) is 9.64. The standard InChI is InChI=1S/C13H28O3Si3/c1-14-18(15-17(2)16-19(3,4)5)12-11-13-9-7-6-8-10-13/h6-7,13H,8-12H2,1-5H3. The molecule has 0 saturated heterocycles. The third kappa shape index (κ3) is 8.21. The summed E-state index contributed by atoms with van der Waals surface area (Å²) in [4.78, 5) is 0. The molecule has 3 nitrogen and oxygen atoms in total. The van der Waals surface area contributed by atoms with Crippen LogP contribution in [0.5, 0.6) is 0 Å². The van der Waals surface area contributed by atoms with Crippen molar-refractivity contribution < 1.29 is 12.7 Å². The normalized spacial score (nSPS) is 20.5. The fourth-order valence-corrected chi connectivity index (χ4v) is 9.11. The van der Waals surface area contributed by atoms with Crippen LogP contribution in [0.1, 0.15) is 25.7 Å². The van der Waals surface area contributed by atoms with Crippen LogP contribution in [0.15, 0.2) is 12.2 Å². The van der Waals surface area contributed by atoms with Gasteiger partial charge in [-0.2, -0.15) is 0 Å². The summed E-state index contributed by atoms with van der Waals surface area (Å²) in [6, 6.07) is 1.08. The average Bonchev–Trinajstić information content (AvgIpc) is 2.33. The van der Waals surface area contributed by atoms with Crippen LogP contribution in [0, 0.1) is 5.92 Å². The lowest BCUT2D eigenvalue weighted by molar-refractivity contribution is 0.304. The molecule has 1 aliphatic rings. The number of hydrogen-bond donors (Lipinski definition) is 0. The molecule has 0 saturated carbocycles. The molecule has 19 heavy (non-hydrogen) atoms. The zero-order valence-electron chi connectivity index (χ0n) is 13.0. The van der Waals surface area contributed by atoms with E-state index in [1.165, 1.54) is 25.7 Å². The highest BCUT2D eigenvalue weighted by Crippen LogP contribution is 2.24. The van der Waals surface area contributed by atoms with Gasteiger partial charge in [0.15, 0.2) is 8.32 Å². The van der Waals surface area contributed by atoms with E-state index in [0.29, 0.717) is 0 Å². The Bertz CT molecular complexity index is 279. The Morgan fingerprint density at radius 2 is 2.00 bits per heavy atom. The maximum Gasteiger partial charge on any atom is 0.374 e. The topological polar surface area (TPSA) is 27.7 Å². The highest BCUT2D eigenvalue weighted by molar-refractivity contribution is 6.77. The first-order chi connectivity index (χ1) is 8.90. The largest absolute Gasteiger partial charge is 0.436 e. The van der Waals surface area contributed by atoms with Gasteiger partial charge in [0, 0.05) is 7.11 Å². The highest BCUT2D eigenvalue weighted by atomic mass is 28.4. The van der Waals surface area contributed by atoms with Gasteiger partial charge in [0.25, 0.3) is 0 Å². The van der Waals surface area contributed by atoms with Crippen LogP contribution in [-0.4, -0.2) is 34.0 Å². The second-order valence-corrected chi connectivity index (χ2v) is 14.6. The van der Waals surface area contributed by atoms with Gasteiger partial charge < -0.3 is 12.7 Å². The lowest BCUT2D eigenvalue weighted by Gasteiger charge is -2.25. The molecule has 0 aromatic carbocycles. The SMILES string of the molecule is CO[Si](CCC1CC=CCC1)O[Si](C)O[Si](C)(C)C. The highest BCUT2D eigenvalue weighted by Gasteiger charge is 2.26. The van der Waals surface area contributed by atoms with E-state index in [4.69, 9.17) is 12.7 Å². The molecule has 0 N–H and O–H groups in total. The minimum atomic E-state index is -1.48. The number of allylic oxidation sites excluding steroid dienone is 2. The van der Waals surface area contributed by atoms with E-state index < -0.39 is 26.9 Å². The number of rotatable bonds is 8. The van der Waals surface area contributed by atoms with E-state index >= 15 is 0 Å².